The van der Waals surface area contributed by atoms with Crippen LogP contribution >= 0.6 is 0 Å². The number of nitrogens with one attached hydrogen (secondary N) is 3. The largest absolute Gasteiger partial charge is 0.356 e. The van der Waals surface area contributed by atoms with Crippen molar-refractivity contribution >= 4 is 21.8 Å². The van der Waals surface area contributed by atoms with Crippen LogP contribution in [0.4, 0.5) is 4.79 Å². The zero-order valence-corrected chi connectivity index (χ0v) is 15.1. The summed E-state index contributed by atoms with van der Waals surface area (Å²) < 4.78 is 22.8. The van der Waals surface area contributed by atoms with Crippen LogP contribution in [0.1, 0.15) is 38.3 Å². The molecule has 1 atom stereocenters. The van der Waals surface area contributed by atoms with Crippen molar-refractivity contribution in [2.45, 2.75) is 37.6 Å². The molecule has 0 aliphatic rings. The van der Waals surface area contributed by atoms with Gasteiger partial charge in [-0.25, -0.2) is 13.2 Å². The van der Waals surface area contributed by atoms with Gasteiger partial charge < -0.3 is 16.0 Å². The molecule has 0 aliphatic carbocycles. The van der Waals surface area contributed by atoms with Gasteiger partial charge in [-0.15, -0.1) is 0 Å². The number of urea groups is 1. The first-order valence-corrected chi connectivity index (χ1v) is 9.74. The Balaban J connectivity index is 2.42. The summed E-state index contributed by atoms with van der Waals surface area (Å²) in [7, 11) is -3.23. The fourth-order valence-corrected chi connectivity index (χ4v) is 2.61. The van der Waals surface area contributed by atoms with E-state index in [-0.39, 0.29) is 35.8 Å². The quantitative estimate of drug-likeness (QED) is 0.655. The summed E-state index contributed by atoms with van der Waals surface area (Å²) in [5.41, 5.74) is 0.790. The van der Waals surface area contributed by atoms with E-state index in [1.54, 1.807) is 19.1 Å². The third kappa shape index (κ3) is 6.99. The van der Waals surface area contributed by atoms with Crippen LogP contribution < -0.4 is 16.0 Å². The molecule has 1 aromatic rings. The average molecular weight is 355 g/mol. The second-order valence-electron chi connectivity index (χ2n) is 5.56. The molecule has 0 radical (unpaired) electrons. The number of amides is 3. The number of hydrogen-bond donors (Lipinski definition) is 3. The Bertz CT molecular complexity index is 656. The summed E-state index contributed by atoms with van der Waals surface area (Å²) in [5, 5.41) is 8.09. The molecule has 7 nitrogen and oxygen atoms in total. The van der Waals surface area contributed by atoms with Gasteiger partial charge in [-0.1, -0.05) is 19.1 Å². The number of carbonyl (C=O) groups is 2. The van der Waals surface area contributed by atoms with Crippen molar-refractivity contribution in [1.29, 1.82) is 0 Å². The highest BCUT2D eigenvalue weighted by Gasteiger charge is 2.12. The molecule has 0 saturated heterocycles. The van der Waals surface area contributed by atoms with Crippen LogP contribution in [-0.2, 0) is 14.6 Å². The van der Waals surface area contributed by atoms with Gasteiger partial charge in [0.1, 0.15) is 0 Å². The molecule has 0 spiro atoms. The topological polar surface area (TPSA) is 104 Å². The lowest BCUT2D eigenvalue weighted by molar-refractivity contribution is -0.120. The lowest BCUT2D eigenvalue weighted by Gasteiger charge is -2.15. The minimum atomic E-state index is -3.23. The Morgan fingerprint density at radius 1 is 1.08 bits per heavy atom. The molecule has 24 heavy (non-hydrogen) atoms. The number of benzene rings is 1. The first-order chi connectivity index (χ1) is 11.2. The molecule has 1 aromatic carbocycles. The molecule has 3 N–H and O–H groups in total. The zero-order chi connectivity index (χ0) is 18.2. The highest BCUT2D eigenvalue weighted by Crippen LogP contribution is 2.16. The summed E-state index contributed by atoms with van der Waals surface area (Å²) >= 11 is 0. The van der Waals surface area contributed by atoms with Gasteiger partial charge in [0.2, 0.25) is 5.91 Å². The lowest BCUT2D eigenvalue weighted by atomic mass is 10.1. The Kier molecular flexibility index (Phi) is 7.70. The van der Waals surface area contributed by atoms with Gasteiger partial charge in [0.25, 0.3) is 0 Å². The van der Waals surface area contributed by atoms with Crippen LogP contribution in [-0.4, -0.2) is 39.7 Å². The molecule has 0 fully saturated rings. The van der Waals surface area contributed by atoms with E-state index in [1.165, 1.54) is 12.1 Å². The molecule has 8 heteroatoms. The van der Waals surface area contributed by atoms with Crippen LogP contribution in [0.3, 0.4) is 0 Å². The van der Waals surface area contributed by atoms with Gasteiger partial charge in [-0.05, 0) is 31.0 Å². The minimum absolute atomic E-state index is 0.0958. The van der Waals surface area contributed by atoms with E-state index in [2.05, 4.69) is 16.0 Å². The van der Waals surface area contributed by atoms with Crippen molar-refractivity contribution in [3.63, 3.8) is 0 Å². The molecule has 0 aliphatic heterocycles. The minimum Gasteiger partial charge on any atom is -0.356 e. The Morgan fingerprint density at radius 2 is 1.71 bits per heavy atom. The first-order valence-electron chi connectivity index (χ1n) is 7.85. The number of rotatable bonds is 8. The van der Waals surface area contributed by atoms with E-state index in [1.807, 2.05) is 6.92 Å². The fraction of sp³-hybridized carbons (Fsp3) is 0.500. The van der Waals surface area contributed by atoms with Gasteiger partial charge >= 0.3 is 6.03 Å². The van der Waals surface area contributed by atoms with Crippen molar-refractivity contribution in [3.05, 3.63) is 29.8 Å². The van der Waals surface area contributed by atoms with Crippen LogP contribution in [0, 0.1) is 0 Å². The Hall–Kier alpha value is -2.09. The second-order valence-corrected chi connectivity index (χ2v) is 7.58. The molecule has 0 bridgehead atoms. The lowest BCUT2D eigenvalue weighted by Crippen LogP contribution is -2.39. The van der Waals surface area contributed by atoms with Gasteiger partial charge in [0, 0.05) is 25.8 Å². The maximum absolute atomic E-state index is 11.8. The van der Waals surface area contributed by atoms with Gasteiger partial charge in [-0.2, -0.15) is 0 Å². The van der Waals surface area contributed by atoms with Gasteiger partial charge in [0.05, 0.1) is 10.9 Å². The van der Waals surface area contributed by atoms with Crippen molar-refractivity contribution in [2.75, 3.05) is 19.3 Å². The SMILES string of the molecule is CCCNC(=O)CCNC(=O)NC(C)c1ccc(S(C)(=O)=O)cc1. The van der Waals surface area contributed by atoms with Crippen LogP contribution in [0.5, 0.6) is 0 Å². The molecular weight excluding hydrogens is 330 g/mol. The molecule has 134 valence electrons. The highest BCUT2D eigenvalue weighted by atomic mass is 32.2. The summed E-state index contributed by atoms with van der Waals surface area (Å²) in [6.07, 6.45) is 2.24. The predicted octanol–water partition coefficient (Wildman–Crippen LogP) is 1.37. The van der Waals surface area contributed by atoms with Crippen molar-refractivity contribution in [3.8, 4) is 0 Å². The van der Waals surface area contributed by atoms with E-state index in [4.69, 9.17) is 0 Å². The molecule has 1 unspecified atom stereocenters. The average Bonchev–Trinajstić information content (AvgIpc) is 2.52. The maximum Gasteiger partial charge on any atom is 0.315 e. The van der Waals surface area contributed by atoms with Gasteiger partial charge in [0.15, 0.2) is 9.84 Å². The molecule has 0 aromatic heterocycles. The predicted molar refractivity (Wildman–Crippen MR) is 92.4 cm³/mol. The van der Waals surface area contributed by atoms with E-state index >= 15 is 0 Å². The maximum atomic E-state index is 11.8. The summed E-state index contributed by atoms with van der Waals surface area (Å²) in [5.74, 6) is -0.0958. The van der Waals surface area contributed by atoms with Gasteiger partial charge in [-0.3, -0.25) is 4.79 Å². The molecule has 0 saturated carbocycles. The Labute approximate surface area is 143 Å². The second kappa shape index (κ2) is 9.27. The summed E-state index contributed by atoms with van der Waals surface area (Å²) in [6, 6.07) is 5.70. The number of sulfone groups is 1. The summed E-state index contributed by atoms with van der Waals surface area (Å²) in [4.78, 5) is 23.4. The number of carbonyl (C=O) groups excluding carboxylic acids is 2. The van der Waals surface area contributed by atoms with Crippen molar-refractivity contribution in [1.82, 2.24) is 16.0 Å². The third-order valence-corrected chi connectivity index (χ3v) is 4.49. The van der Waals surface area contributed by atoms with E-state index in [0.717, 1.165) is 18.2 Å². The zero-order valence-electron chi connectivity index (χ0n) is 14.3. The fourth-order valence-electron chi connectivity index (χ4n) is 1.98. The highest BCUT2D eigenvalue weighted by molar-refractivity contribution is 7.90. The third-order valence-electron chi connectivity index (χ3n) is 3.37. The molecule has 1 rings (SSSR count). The van der Waals surface area contributed by atoms with E-state index in [9.17, 15) is 18.0 Å². The first kappa shape index (κ1) is 20.0. The molecule has 0 heterocycles. The molecule has 3 amide bonds. The smallest absolute Gasteiger partial charge is 0.315 e. The van der Waals surface area contributed by atoms with Crippen molar-refractivity contribution < 1.29 is 18.0 Å². The Morgan fingerprint density at radius 3 is 2.25 bits per heavy atom. The normalized spacial score (nSPS) is 12.3. The van der Waals surface area contributed by atoms with E-state index < -0.39 is 9.84 Å². The molecular formula is C16H25N3O4S. The van der Waals surface area contributed by atoms with Crippen LogP contribution in [0.2, 0.25) is 0 Å². The van der Waals surface area contributed by atoms with Crippen LogP contribution in [0.15, 0.2) is 29.2 Å². The van der Waals surface area contributed by atoms with Crippen molar-refractivity contribution in [2.24, 2.45) is 0 Å². The standard InChI is InChI=1S/C16H25N3O4S/c1-4-10-17-15(20)9-11-18-16(21)19-12(2)13-5-7-14(8-6-13)24(3,22)23/h5-8,12H,4,9-11H2,1-3H3,(H,17,20)(H2,18,19,21). The van der Waals surface area contributed by atoms with Crippen LogP contribution in [0.25, 0.3) is 0 Å². The summed E-state index contributed by atoms with van der Waals surface area (Å²) in [6.45, 7) is 4.64. The van der Waals surface area contributed by atoms with E-state index in [0.29, 0.717) is 6.54 Å². The monoisotopic (exact) mass is 355 g/mol. The number of hydrogen-bond acceptors (Lipinski definition) is 4.